The molecule has 0 spiro atoms. The van der Waals surface area contributed by atoms with Gasteiger partial charge in [-0.25, -0.2) is 0 Å². The zero-order valence-corrected chi connectivity index (χ0v) is 15.1. The summed E-state index contributed by atoms with van der Waals surface area (Å²) in [6.07, 6.45) is 0. The van der Waals surface area contributed by atoms with E-state index in [9.17, 15) is 9.59 Å². The number of carbonyl (C=O) groups is 2. The summed E-state index contributed by atoms with van der Waals surface area (Å²) in [4.78, 5) is 23.7. The number of amides is 2. The minimum atomic E-state index is -0.235. The van der Waals surface area contributed by atoms with E-state index in [-0.39, 0.29) is 18.4 Å². The molecule has 0 bridgehead atoms. The van der Waals surface area contributed by atoms with E-state index in [0.717, 1.165) is 11.3 Å². The first-order chi connectivity index (χ1) is 12.6. The molecule has 2 N–H and O–H groups in total. The largest absolute Gasteiger partial charge is 0.494 e. The summed E-state index contributed by atoms with van der Waals surface area (Å²) in [7, 11) is 0. The van der Waals surface area contributed by atoms with Crippen LogP contribution in [0.15, 0.2) is 48.5 Å². The van der Waals surface area contributed by atoms with Gasteiger partial charge >= 0.3 is 0 Å². The molecule has 26 heavy (non-hydrogen) atoms. The van der Waals surface area contributed by atoms with Gasteiger partial charge in [-0.1, -0.05) is 17.7 Å². The van der Waals surface area contributed by atoms with Gasteiger partial charge in [0.25, 0.3) is 11.8 Å². The van der Waals surface area contributed by atoms with Crippen molar-refractivity contribution in [3.8, 4) is 11.5 Å². The lowest BCUT2D eigenvalue weighted by atomic mass is 10.2. The van der Waals surface area contributed by atoms with Crippen LogP contribution in [0.5, 0.6) is 11.5 Å². The fraction of sp³-hybridized carbons (Fsp3) is 0.300. The smallest absolute Gasteiger partial charge is 0.258 e. The van der Waals surface area contributed by atoms with Crippen molar-refractivity contribution in [2.75, 3.05) is 26.3 Å². The lowest BCUT2D eigenvalue weighted by Crippen LogP contribution is -2.36. The highest BCUT2D eigenvalue weighted by Crippen LogP contribution is 2.12. The molecule has 2 aromatic carbocycles. The predicted molar refractivity (Wildman–Crippen MR) is 99.6 cm³/mol. The second-order valence-electron chi connectivity index (χ2n) is 5.66. The van der Waals surface area contributed by atoms with Gasteiger partial charge in [0.1, 0.15) is 11.5 Å². The minimum Gasteiger partial charge on any atom is -0.494 e. The van der Waals surface area contributed by atoms with E-state index in [1.807, 2.05) is 38.1 Å². The highest BCUT2D eigenvalue weighted by Gasteiger charge is 2.06. The molecule has 138 valence electrons. The number of rotatable bonds is 9. The van der Waals surface area contributed by atoms with E-state index in [1.54, 1.807) is 24.3 Å². The number of ether oxygens (including phenoxy) is 2. The van der Waals surface area contributed by atoms with E-state index in [2.05, 4.69) is 10.6 Å². The van der Waals surface area contributed by atoms with Gasteiger partial charge in [0.05, 0.1) is 6.61 Å². The molecular weight excluding hydrogens is 332 g/mol. The van der Waals surface area contributed by atoms with E-state index in [0.29, 0.717) is 31.0 Å². The first-order valence-corrected chi connectivity index (χ1v) is 8.55. The summed E-state index contributed by atoms with van der Waals surface area (Å²) in [5.74, 6) is 0.943. The van der Waals surface area contributed by atoms with Crippen molar-refractivity contribution in [1.82, 2.24) is 10.6 Å². The third-order valence-electron chi connectivity index (χ3n) is 3.55. The molecule has 0 unspecified atom stereocenters. The zero-order chi connectivity index (χ0) is 18.8. The predicted octanol–water partition coefficient (Wildman–Crippen LogP) is 2.32. The van der Waals surface area contributed by atoms with Gasteiger partial charge in [0.15, 0.2) is 6.61 Å². The van der Waals surface area contributed by atoms with Crippen molar-refractivity contribution >= 4 is 11.8 Å². The van der Waals surface area contributed by atoms with Crippen molar-refractivity contribution < 1.29 is 19.1 Å². The normalized spacial score (nSPS) is 10.1. The molecule has 0 aliphatic heterocycles. The van der Waals surface area contributed by atoms with Crippen molar-refractivity contribution in [2.24, 2.45) is 0 Å². The second-order valence-corrected chi connectivity index (χ2v) is 5.66. The zero-order valence-electron chi connectivity index (χ0n) is 15.1. The molecule has 0 aliphatic carbocycles. The van der Waals surface area contributed by atoms with Gasteiger partial charge in [-0.05, 0) is 50.2 Å². The second kappa shape index (κ2) is 10.1. The standard InChI is InChI=1S/C20H24N2O4/c1-3-25-17-10-6-16(7-11-17)20(24)22-13-12-21-19(23)14-26-18-8-4-15(2)5-9-18/h4-11H,3,12-14H2,1-2H3,(H,21,23)(H,22,24). The molecule has 0 atom stereocenters. The summed E-state index contributed by atoms with van der Waals surface area (Å²) in [5, 5.41) is 5.45. The van der Waals surface area contributed by atoms with Crippen molar-refractivity contribution in [3.63, 3.8) is 0 Å². The van der Waals surface area contributed by atoms with E-state index in [1.165, 1.54) is 0 Å². The molecule has 2 amide bonds. The summed E-state index contributed by atoms with van der Waals surface area (Å²) in [5.41, 5.74) is 1.67. The maximum absolute atomic E-state index is 12.0. The number of aryl methyl sites for hydroxylation is 1. The Morgan fingerprint density at radius 3 is 2.08 bits per heavy atom. The monoisotopic (exact) mass is 356 g/mol. The van der Waals surface area contributed by atoms with Gasteiger partial charge in [-0.2, -0.15) is 0 Å². The summed E-state index contributed by atoms with van der Waals surface area (Å²) in [6, 6.07) is 14.4. The van der Waals surface area contributed by atoms with Crippen LogP contribution in [0.3, 0.4) is 0 Å². The van der Waals surface area contributed by atoms with Crippen LogP contribution >= 0.6 is 0 Å². The Labute approximate surface area is 153 Å². The Hall–Kier alpha value is -3.02. The fourth-order valence-corrected chi connectivity index (χ4v) is 2.18. The number of carbonyl (C=O) groups excluding carboxylic acids is 2. The van der Waals surface area contributed by atoms with Crippen LogP contribution in [0, 0.1) is 6.92 Å². The van der Waals surface area contributed by atoms with E-state index < -0.39 is 0 Å². The van der Waals surface area contributed by atoms with Crippen LogP contribution in [0.1, 0.15) is 22.8 Å². The third-order valence-corrected chi connectivity index (χ3v) is 3.55. The average molecular weight is 356 g/mol. The van der Waals surface area contributed by atoms with Gasteiger partial charge in [0.2, 0.25) is 0 Å². The SMILES string of the molecule is CCOc1ccc(C(=O)NCCNC(=O)COc2ccc(C)cc2)cc1. The van der Waals surface area contributed by atoms with Crippen LogP contribution < -0.4 is 20.1 Å². The van der Waals surface area contributed by atoms with Crippen LogP contribution in [0.25, 0.3) is 0 Å². The molecule has 6 nitrogen and oxygen atoms in total. The molecule has 2 rings (SSSR count). The van der Waals surface area contributed by atoms with Gasteiger partial charge < -0.3 is 20.1 Å². The molecule has 0 saturated carbocycles. The van der Waals surface area contributed by atoms with E-state index in [4.69, 9.17) is 9.47 Å². The number of hydrogen-bond donors (Lipinski definition) is 2. The minimum absolute atomic E-state index is 0.0596. The maximum atomic E-state index is 12.0. The topological polar surface area (TPSA) is 76.7 Å². The molecule has 0 saturated heterocycles. The summed E-state index contributed by atoms with van der Waals surface area (Å²) in [6.45, 7) is 5.08. The Morgan fingerprint density at radius 2 is 1.42 bits per heavy atom. The molecule has 0 aromatic heterocycles. The first-order valence-electron chi connectivity index (χ1n) is 8.55. The third kappa shape index (κ3) is 6.47. The van der Waals surface area contributed by atoms with Crippen molar-refractivity contribution in [1.29, 1.82) is 0 Å². The quantitative estimate of drug-likeness (QED) is 0.676. The van der Waals surface area contributed by atoms with Gasteiger partial charge in [-0.15, -0.1) is 0 Å². The molecule has 0 heterocycles. The lowest BCUT2D eigenvalue weighted by Gasteiger charge is -2.09. The molecule has 0 aliphatic rings. The highest BCUT2D eigenvalue weighted by molar-refractivity contribution is 5.94. The van der Waals surface area contributed by atoms with Crippen LogP contribution in [-0.4, -0.2) is 38.1 Å². The van der Waals surface area contributed by atoms with Crippen LogP contribution in [0.2, 0.25) is 0 Å². The molecule has 0 fully saturated rings. The highest BCUT2D eigenvalue weighted by atomic mass is 16.5. The van der Waals surface area contributed by atoms with E-state index >= 15 is 0 Å². The number of benzene rings is 2. The van der Waals surface area contributed by atoms with Crippen LogP contribution in [0.4, 0.5) is 0 Å². The molecule has 6 heteroatoms. The Kier molecular flexibility index (Phi) is 7.49. The average Bonchev–Trinajstić information content (AvgIpc) is 2.65. The van der Waals surface area contributed by atoms with Crippen LogP contribution in [-0.2, 0) is 4.79 Å². The Balaban J connectivity index is 1.63. The number of hydrogen-bond acceptors (Lipinski definition) is 4. The summed E-state index contributed by atoms with van der Waals surface area (Å²) >= 11 is 0. The summed E-state index contributed by atoms with van der Waals surface area (Å²) < 4.78 is 10.7. The first kappa shape index (κ1) is 19.3. The van der Waals surface area contributed by atoms with Crippen molar-refractivity contribution in [2.45, 2.75) is 13.8 Å². The Morgan fingerprint density at radius 1 is 0.846 bits per heavy atom. The molecule has 0 radical (unpaired) electrons. The lowest BCUT2D eigenvalue weighted by molar-refractivity contribution is -0.123. The van der Waals surface area contributed by atoms with Gasteiger partial charge in [-0.3, -0.25) is 9.59 Å². The maximum Gasteiger partial charge on any atom is 0.258 e. The molecular formula is C20H24N2O4. The fourth-order valence-electron chi connectivity index (χ4n) is 2.18. The number of nitrogens with one attached hydrogen (secondary N) is 2. The molecule has 2 aromatic rings. The van der Waals surface area contributed by atoms with Gasteiger partial charge in [0, 0.05) is 18.7 Å². The van der Waals surface area contributed by atoms with Crippen molar-refractivity contribution in [3.05, 3.63) is 59.7 Å². The Bertz CT molecular complexity index is 712.